The normalized spacial score (nSPS) is 15.2. The summed E-state index contributed by atoms with van der Waals surface area (Å²) in [4.78, 5) is 49.4. The molecule has 0 unspecified atom stereocenters. The van der Waals surface area contributed by atoms with Crippen molar-refractivity contribution in [3.8, 4) is 11.3 Å². The number of hydrogen-bond donors (Lipinski definition) is 1. The van der Waals surface area contributed by atoms with Gasteiger partial charge in [-0.15, -0.1) is 0 Å². The van der Waals surface area contributed by atoms with Gasteiger partial charge in [-0.2, -0.15) is 0 Å². The molecular formula is C23H14ClN2O6-. The number of carboxylic acids is 1. The first-order valence-electron chi connectivity index (χ1n) is 9.34. The lowest BCUT2D eigenvalue weighted by Crippen LogP contribution is -2.54. The minimum Gasteiger partial charge on any atom is -0.545 e. The number of hydrogen-bond acceptors (Lipinski definition) is 6. The summed E-state index contributed by atoms with van der Waals surface area (Å²) in [5.74, 6) is -2.52. The highest BCUT2D eigenvalue weighted by molar-refractivity contribution is 6.39. The lowest BCUT2D eigenvalue weighted by Gasteiger charge is -2.26. The summed E-state index contributed by atoms with van der Waals surface area (Å²) >= 11 is 5.96. The number of imide groups is 2. The van der Waals surface area contributed by atoms with E-state index in [1.807, 2.05) is 13.0 Å². The Morgan fingerprint density at radius 2 is 1.88 bits per heavy atom. The molecule has 1 fully saturated rings. The number of nitrogens with one attached hydrogen (secondary N) is 1. The molecule has 2 aromatic carbocycles. The van der Waals surface area contributed by atoms with Gasteiger partial charge in [-0.3, -0.25) is 14.9 Å². The van der Waals surface area contributed by atoms with Crippen molar-refractivity contribution in [2.75, 3.05) is 4.90 Å². The summed E-state index contributed by atoms with van der Waals surface area (Å²) in [6.45, 7) is 1.81. The number of anilines is 1. The maximum atomic E-state index is 12.9. The van der Waals surface area contributed by atoms with E-state index in [-0.39, 0.29) is 21.9 Å². The van der Waals surface area contributed by atoms with Crippen LogP contribution in [0.5, 0.6) is 0 Å². The van der Waals surface area contributed by atoms with Crippen LogP contribution < -0.4 is 15.3 Å². The molecule has 4 rings (SSSR count). The van der Waals surface area contributed by atoms with E-state index in [0.29, 0.717) is 17.0 Å². The maximum Gasteiger partial charge on any atom is 0.335 e. The fourth-order valence-electron chi connectivity index (χ4n) is 3.22. The number of carbonyl (C=O) groups is 4. The summed E-state index contributed by atoms with van der Waals surface area (Å²) in [5, 5.41) is 13.1. The van der Waals surface area contributed by atoms with Crippen LogP contribution >= 0.6 is 11.6 Å². The summed E-state index contributed by atoms with van der Waals surface area (Å²) < 4.78 is 5.68. The summed E-state index contributed by atoms with van der Waals surface area (Å²) in [6.07, 6.45) is 1.23. The zero-order valence-electron chi connectivity index (χ0n) is 16.5. The van der Waals surface area contributed by atoms with Gasteiger partial charge < -0.3 is 14.3 Å². The lowest BCUT2D eigenvalue weighted by molar-refractivity contribution is -0.255. The molecule has 1 aromatic heterocycles. The zero-order valence-corrected chi connectivity index (χ0v) is 17.3. The average molecular weight is 450 g/mol. The number of furan rings is 1. The summed E-state index contributed by atoms with van der Waals surface area (Å²) in [6, 6.07) is 13.2. The molecule has 1 N–H and O–H groups in total. The van der Waals surface area contributed by atoms with Crippen LogP contribution in [0.15, 0.2) is 64.6 Å². The average Bonchev–Trinajstić information content (AvgIpc) is 3.19. The molecule has 0 spiro atoms. The molecule has 1 saturated heterocycles. The van der Waals surface area contributed by atoms with Crippen LogP contribution in [-0.2, 0) is 9.59 Å². The molecular weight excluding hydrogens is 436 g/mol. The van der Waals surface area contributed by atoms with Crippen LogP contribution in [0, 0.1) is 6.92 Å². The third-order valence-corrected chi connectivity index (χ3v) is 5.06. The van der Waals surface area contributed by atoms with Gasteiger partial charge in [-0.25, -0.2) is 9.69 Å². The van der Waals surface area contributed by atoms with E-state index >= 15 is 0 Å². The minimum absolute atomic E-state index is 0.0204. The molecule has 0 bridgehead atoms. The smallest absolute Gasteiger partial charge is 0.335 e. The quantitative estimate of drug-likeness (QED) is 0.483. The largest absolute Gasteiger partial charge is 0.545 e. The van der Waals surface area contributed by atoms with Crippen LogP contribution in [0.2, 0.25) is 5.02 Å². The van der Waals surface area contributed by atoms with Gasteiger partial charge in [0.2, 0.25) is 0 Å². The van der Waals surface area contributed by atoms with Gasteiger partial charge in [0.15, 0.2) is 0 Å². The van der Waals surface area contributed by atoms with Crippen molar-refractivity contribution in [1.29, 1.82) is 0 Å². The lowest BCUT2D eigenvalue weighted by atomic mass is 10.1. The Kier molecular flexibility index (Phi) is 5.38. The highest BCUT2D eigenvalue weighted by Gasteiger charge is 2.37. The molecule has 4 amide bonds. The van der Waals surface area contributed by atoms with E-state index in [1.165, 1.54) is 30.3 Å². The first-order chi connectivity index (χ1) is 15.2. The van der Waals surface area contributed by atoms with E-state index in [0.717, 1.165) is 10.5 Å². The maximum absolute atomic E-state index is 12.9. The molecule has 0 atom stereocenters. The van der Waals surface area contributed by atoms with Gasteiger partial charge in [0.05, 0.1) is 16.7 Å². The number of nitrogens with zero attached hydrogens (tertiary/aromatic N) is 1. The number of aromatic carboxylic acids is 1. The SMILES string of the molecule is Cc1cccc(N2C(=O)NC(=O)/C(=C/c3ccc(-c4ccc(C(=O)[O-])c(Cl)c4)o3)C2=O)c1. The molecule has 160 valence electrons. The van der Waals surface area contributed by atoms with Gasteiger partial charge in [0.1, 0.15) is 17.1 Å². The van der Waals surface area contributed by atoms with Crippen LogP contribution in [0.4, 0.5) is 10.5 Å². The van der Waals surface area contributed by atoms with Gasteiger partial charge in [-0.1, -0.05) is 35.9 Å². The Hall–Kier alpha value is -4.17. The molecule has 1 aliphatic rings. The molecule has 0 saturated carbocycles. The van der Waals surface area contributed by atoms with Crippen LogP contribution in [0.3, 0.4) is 0 Å². The Morgan fingerprint density at radius 3 is 2.56 bits per heavy atom. The van der Waals surface area contributed by atoms with E-state index in [1.54, 1.807) is 24.3 Å². The monoisotopic (exact) mass is 449 g/mol. The number of carboxylic acid groups (broad SMARTS) is 1. The Bertz CT molecular complexity index is 1320. The van der Waals surface area contributed by atoms with Crippen molar-refractivity contribution >= 4 is 47.2 Å². The Labute approximate surface area is 186 Å². The van der Waals surface area contributed by atoms with E-state index in [4.69, 9.17) is 16.0 Å². The third kappa shape index (κ3) is 3.91. The topological polar surface area (TPSA) is 120 Å². The minimum atomic E-state index is -1.40. The summed E-state index contributed by atoms with van der Waals surface area (Å²) in [5.41, 5.74) is 1.21. The molecule has 2 heterocycles. The van der Waals surface area contributed by atoms with Crippen molar-refractivity contribution in [1.82, 2.24) is 5.32 Å². The van der Waals surface area contributed by atoms with E-state index in [2.05, 4.69) is 5.32 Å². The Balaban J connectivity index is 1.66. The predicted octanol–water partition coefficient (Wildman–Crippen LogP) is 2.94. The molecule has 32 heavy (non-hydrogen) atoms. The number of urea groups is 1. The van der Waals surface area contributed by atoms with Gasteiger partial charge >= 0.3 is 6.03 Å². The number of halogens is 1. The van der Waals surface area contributed by atoms with E-state index in [9.17, 15) is 24.3 Å². The van der Waals surface area contributed by atoms with Gasteiger partial charge in [0, 0.05) is 11.1 Å². The third-order valence-electron chi connectivity index (χ3n) is 4.75. The second kappa shape index (κ2) is 8.16. The standard InChI is InChI=1S/C23H15ClN2O6/c1-12-3-2-4-14(9-12)26-21(28)17(20(27)25-23(26)31)11-15-6-8-19(32-15)13-5-7-16(22(29)30)18(24)10-13/h2-11H,1H3,(H,29,30)(H,25,27,31)/p-1/b17-11-. The highest BCUT2D eigenvalue weighted by Crippen LogP contribution is 2.29. The molecule has 0 radical (unpaired) electrons. The van der Waals surface area contributed by atoms with Crippen molar-refractivity contribution in [2.24, 2.45) is 0 Å². The van der Waals surface area contributed by atoms with Crippen molar-refractivity contribution in [3.05, 3.63) is 82.1 Å². The number of carbonyl (C=O) groups excluding carboxylic acids is 4. The number of aryl methyl sites for hydroxylation is 1. The number of rotatable bonds is 4. The van der Waals surface area contributed by atoms with E-state index < -0.39 is 23.8 Å². The highest BCUT2D eigenvalue weighted by atomic mass is 35.5. The molecule has 0 aliphatic carbocycles. The van der Waals surface area contributed by atoms with Crippen molar-refractivity contribution < 1.29 is 28.7 Å². The number of barbiturate groups is 1. The van der Waals surface area contributed by atoms with Crippen LogP contribution in [-0.4, -0.2) is 23.8 Å². The van der Waals surface area contributed by atoms with Crippen LogP contribution in [0.1, 0.15) is 21.7 Å². The molecule has 9 heteroatoms. The first kappa shape index (κ1) is 21.1. The fourth-order valence-corrected chi connectivity index (χ4v) is 3.48. The summed E-state index contributed by atoms with van der Waals surface area (Å²) in [7, 11) is 0. The zero-order chi connectivity index (χ0) is 23.0. The van der Waals surface area contributed by atoms with Crippen LogP contribution in [0.25, 0.3) is 17.4 Å². The predicted molar refractivity (Wildman–Crippen MR) is 114 cm³/mol. The second-order valence-corrected chi connectivity index (χ2v) is 7.39. The Morgan fingerprint density at radius 1 is 1.09 bits per heavy atom. The van der Waals surface area contributed by atoms with Crippen molar-refractivity contribution in [2.45, 2.75) is 6.92 Å². The molecule has 1 aliphatic heterocycles. The second-order valence-electron chi connectivity index (χ2n) is 6.98. The van der Waals surface area contributed by atoms with Crippen molar-refractivity contribution in [3.63, 3.8) is 0 Å². The molecule has 8 nitrogen and oxygen atoms in total. The molecule has 3 aromatic rings. The van der Waals surface area contributed by atoms with Gasteiger partial charge in [0.25, 0.3) is 11.8 Å². The number of benzene rings is 2. The van der Waals surface area contributed by atoms with Gasteiger partial charge in [-0.05, 0) is 48.9 Å². The first-order valence-corrected chi connectivity index (χ1v) is 9.71. The fraction of sp³-hybridized carbons (Fsp3) is 0.0435. The number of amides is 4.